The van der Waals surface area contributed by atoms with Crippen molar-refractivity contribution in [3.63, 3.8) is 0 Å². The summed E-state index contributed by atoms with van der Waals surface area (Å²) in [6.07, 6.45) is 3.47. The Kier molecular flexibility index (Phi) is 7.95. The molecule has 1 radical (unpaired) electrons. The average Bonchev–Trinajstić information content (AvgIpc) is 3.53. The minimum absolute atomic E-state index is 0. The molecule has 7 rings (SSSR count). The SMILES string of the molecule is CC(C)(C)c1ccc(-c2[c-]ccc(C(C)(C)C)c2)nc1.[2H]c1c([2H])c([2H])c(-c2ccnc(-c3[c-]ccc4c3oc3c([2H])c(C#N)ccc34)c2)c([2H])c1[2H].[Ir]. The second kappa shape index (κ2) is 14.1. The predicted octanol–water partition coefficient (Wildman–Crippen LogP) is 11.1. The molecule has 3 heterocycles. The minimum atomic E-state index is -0.452. The maximum Gasteiger partial charge on any atom is 0.122 e. The number of furan rings is 1. The molecule has 4 aromatic carbocycles. The van der Waals surface area contributed by atoms with Crippen molar-refractivity contribution < 1.29 is 32.7 Å². The number of fused-ring (bicyclic) bond motifs is 3. The van der Waals surface area contributed by atoms with E-state index < -0.39 is 18.1 Å². The summed E-state index contributed by atoms with van der Waals surface area (Å²) in [5.74, 6) is 0. The topological polar surface area (TPSA) is 62.7 Å². The molecule has 7 aromatic rings. The fourth-order valence-electron chi connectivity index (χ4n) is 5.12. The first-order valence-electron chi connectivity index (χ1n) is 18.3. The van der Waals surface area contributed by atoms with Crippen molar-refractivity contribution in [2.75, 3.05) is 0 Å². The van der Waals surface area contributed by atoms with E-state index in [1.165, 1.54) is 17.3 Å². The summed E-state index contributed by atoms with van der Waals surface area (Å²) in [5.41, 5.74) is 7.24. The van der Waals surface area contributed by atoms with Crippen LogP contribution in [0.3, 0.4) is 0 Å². The van der Waals surface area contributed by atoms with Gasteiger partial charge < -0.3 is 14.4 Å². The number of nitrogens with zero attached hydrogens (tertiary/aromatic N) is 3. The van der Waals surface area contributed by atoms with Crippen LogP contribution in [0.4, 0.5) is 0 Å². The van der Waals surface area contributed by atoms with E-state index in [2.05, 4.69) is 87.9 Å². The van der Waals surface area contributed by atoms with Crippen molar-refractivity contribution in [3.05, 3.63) is 144 Å². The number of pyridine rings is 2. The number of aromatic nitrogens is 2. The third kappa shape index (κ3) is 7.47. The van der Waals surface area contributed by atoms with Gasteiger partial charge >= 0.3 is 0 Å². The molecule has 0 aliphatic carbocycles. The zero-order valence-electron chi connectivity index (χ0n) is 33.6. The molecule has 0 unspecified atom stereocenters. The molecule has 4 nitrogen and oxygen atoms in total. The van der Waals surface area contributed by atoms with E-state index in [0.29, 0.717) is 27.8 Å². The molecule has 0 aliphatic heterocycles. The molecule has 0 bridgehead atoms. The molecule has 48 heavy (non-hydrogen) atoms. The monoisotopic (exact) mass is 810 g/mol. The first-order valence-corrected chi connectivity index (χ1v) is 15.3. The number of hydrogen-bond acceptors (Lipinski definition) is 4. The summed E-state index contributed by atoms with van der Waals surface area (Å²) in [5, 5.41) is 10.6. The molecule has 0 spiro atoms. The standard InChI is InChI=1S/C24H13N2O.C19H24N.Ir/c25-15-16-9-10-19-20-7-4-8-21(24(20)27-23(19)13-16)22-14-18(11-12-26-22)17-5-2-1-3-6-17;1-18(2,3)15-9-7-8-14(12-15)17-11-10-16(13-20-17)19(4,5)6;/h1-7,9-14H;7,9-13H,1-6H3;/q2*-1;/i1D,2D,3D,5D,6D,13D;;. The van der Waals surface area contributed by atoms with E-state index in [1.54, 1.807) is 36.4 Å². The molecule has 0 amide bonds. The van der Waals surface area contributed by atoms with E-state index in [-0.39, 0.29) is 65.8 Å². The summed E-state index contributed by atoms with van der Waals surface area (Å²) in [7, 11) is 0. The van der Waals surface area contributed by atoms with E-state index >= 15 is 0 Å². The van der Waals surface area contributed by atoms with Crippen LogP contribution in [0.15, 0.2) is 120 Å². The summed E-state index contributed by atoms with van der Waals surface area (Å²) in [4.78, 5) is 9.00. The van der Waals surface area contributed by atoms with Crippen LogP contribution in [0.2, 0.25) is 0 Å². The molecule has 0 saturated heterocycles. The van der Waals surface area contributed by atoms with Crippen molar-refractivity contribution >= 4 is 21.9 Å². The van der Waals surface area contributed by atoms with Crippen LogP contribution in [0.25, 0.3) is 55.6 Å². The van der Waals surface area contributed by atoms with Crippen LogP contribution in [0.5, 0.6) is 0 Å². The van der Waals surface area contributed by atoms with Crippen molar-refractivity contribution in [3.8, 4) is 39.7 Å². The second-order valence-corrected chi connectivity index (χ2v) is 13.3. The predicted molar refractivity (Wildman–Crippen MR) is 192 cm³/mol. The van der Waals surface area contributed by atoms with Crippen LogP contribution >= 0.6 is 0 Å². The largest absolute Gasteiger partial charge is 0.501 e. The quantitative estimate of drug-likeness (QED) is 0.167. The van der Waals surface area contributed by atoms with Crippen LogP contribution in [0.1, 0.15) is 66.5 Å². The Morgan fingerprint density at radius 1 is 0.750 bits per heavy atom. The summed E-state index contributed by atoms with van der Waals surface area (Å²) < 4.78 is 54.4. The first kappa shape index (κ1) is 27.1. The maximum absolute atomic E-state index is 9.23. The molecular weight excluding hydrogens is 767 g/mol. The van der Waals surface area contributed by atoms with E-state index in [4.69, 9.17) is 12.6 Å². The van der Waals surface area contributed by atoms with Gasteiger partial charge in [-0.2, -0.15) is 5.26 Å². The van der Waals surface area contributed by atoms with Gasteiger partial charge in [-0.25, -0.2) is 0 Å². The molecule has 0 N–H and O–H groups in total. The minimum Gasteiger partial charge on any atom is -0.501 e. The smallest absolute Gasteiger partial charge is 0.122 e. The molecular formula is C43H37IrN3O-2. The van der Waals surface area contributed by atoms with Gasteiger partial charge in [-0.15, -0.1) is 53.6 Å². The molecule has 5 heteroatoms. The Labute approximate surface area is 305 Å². The fourth-order valence-corrected chi connectivity index (χ4v) is 5.12. The number of nitriles is 1. The molecule has 241 valence electrons. The van der Waals surface area contributed by atoms with Crippen LogP contribution in [-0.2, 0) is 30.9 Å². The van der Waals surface area contributed by atoms with Gasteiger partial charge in [0.25, 0.3) is 0 Å². The number of rotatable bonds is 3. The van der Waals surface area contributed by atoms with Crippen LogP contribution in [0, 0.1) is 23.5 Å². The Morgan fingerprint density at radius 3 is 2.19 bits per heavy atom. The van der Waals surface area contributed by atoms with Crippen LogP contribution in [-0.4, -0.2) is 9.97 Å². The second-order valence-electron chi connectivity index (χ2n) is 13.3. The molecule has 0 atom stereocenters. The fraction of sp³-hybridized carbons (Fsp3) is 0.186. The Balaban J connectivity index is 0.000000230. The van der Waals surface area contributed by atoms with Crippen LogP contribution < -0.4 is 0 Å². The first-order chi connectivity index (χ1) is 25.0. The van der Waals surface area contributed by atoms with Gasteiger partial charge in [0.1, 0.15) is 5.58 Å². The van der Waals surface area contributed by atoms with Crippen molar-refractivity contribution in [1.82, 2.24) is 9.97 Å². The third-order valence-electron chi connectivity index (χ3n) is 7.85. The number of benzene rings is 4. The summed E-state index contributed by atoms with van der Waals surface area (Å²) in [6, 6.07) is 27.1. The van der Waals surface area contributed by atoms with E-state index in [1.807, 2.05) is 18.3 Å². The molecule has 0 saturated carbocycles. The van der Waals surface area contributed by atoms with Gasteiger partial charge in [0.05, 0.1) is 25.4 Å². The molecule has 3 aromatic heterocycles. The summed E-state index contributed by atoms with van der Waals surface area (Å²) >= 11 is 0. The van der Waals surface area contributed by atoms with E-state index in [9.17, 15) is 5.26 Å². The normalized spacial score (nSPS) is 13.1. The molecule has 0 aliphatic rings. The Morgan fingerprint density at radius 2 is 1.50 bits per heavy atom. The summed E-state index contributed by atoms with van der Waals surface area (Å²) in [6.45, 7) is 13.3. The maximum atomic E-state index is 9.23. The molecule has 0 fully saturated rings. The Hall–Kier alpha value is -4.88. The van der Waals surface area contributed by atoms with E-state index in [0.717, 1.165) is 16.6 Å². The van der Waals surface area contributed by atoms with Crippen molar-refractivity contribution in [1.29, 1.82) is 5.26 Å². The zero-order chi connectivity index (χ0) is 38.4. The van der Waals surface area contributed by atoms with Crippen molar-refractivity contribution in [2.24, 2.45) is 0 Å². The van der Waals surface area contributed by atoms with Gasteiger partial charge in [0.15, 0.2) is 0 Å². The van der Waals surface area contributed by atoms with Crippen molar-refractivity contribution in [2.45, 2.75) is 52.4 Å². The van der Waals surface area contributed by atoms with Gasteiger partial charge in [-0.3, -0.25) is 0 Å². The third-order valence-corrected chi connectivity index (χ3v) is 7.85. The van der Waals surface area contributed by atoms with Gasteiger partial charge in [-0.1, -0.05) is 107 Å². The Bertz CT molecular complexity index is 2540. The zero-order valence-corrected chi connectivity index (χ0v) is 30.0. The number of hydrogen-bond donors (Lipinski definition) is 0. The van der Waals surface area contributed by atoms with Gasteiger partial charge in [-0.05, 0) is 57.1 Å². The van der Waals surface area contributed by atoms with Gasteiger partial charge in [0, 0.05) is 37.9 Å². The van der Waals surface area contributed by atoms with Gasteiger partial charge in [0.2, 0.25) is 0 Å². The average molecular weight is 810 g/mol.